The first-order valence-electron chi connectivity index (χ1n) is 9.05. The van der Waals surface area contributed by atoms with E-state index in [0.717, 1.165) is 31.5 Å². The molecule has 0 bridgehead atoms. The Labute approximate surface area is 149 Å². The first kappa shape index (κ1) is 19.4. The molecule has 0 spiro atoms. The molecular weight excluding hydrogens is 318 g/mol. The van der Waals surface area contributed by atoms with E-state index in [2.05, 4.69) is 10.3 Å². The highest BCUT2D eigenvalue weighted by Gasteiger charge is 2.34. The fraction of sp³-hybridized carbons (Fsp3) is 0.579. The number of likely N-dealkylation sites (tertiary alicyclic amines) is 1. The highest BCUT2D eigenvalue weighted by atomic mass is 16.3. The number of anilines is 1. The third-order valence-electron chi connectivity index (χ3n) is 4.97. The van der Waals surface area contributed by atoms with Crippen molar-refractivity contribution in [3.8, 4) is 0 Å². The van der Waals surface area contributed by atoms with E-state index in [1.54, 1.807) is 19.9 Å². The van der Waals surface area contributed by atoms with Crippen molar-refractivity contribution in [1.29, 1.82) is 0 Å². The van der Waals surface area contributed by atoms with Crippen molar-refractivity contribution >= 4 is 17.5 Å². The second kappa shape index (κ2) is 8.45. The molecule has 0 saturated carbocycles. The summed E-state index contributed by atoms with van der Waals surface area (Å²) in [6.45, 7) is 7.46. The van der Waals surface area contributed by atoms with E-state index >= 15 is 0 Å². The highest BCUT2D eigenvalue weighted by Crippen LogP contribution is 2.21. The number of para-hydroxylation sites is 1. The predicted octanol–water partition coefficient (Wildman–Crippen LogP) is 2.01. The standard InChI is InChI=1S/C19H29N3O3/c1-4-19(25,5-2)18(24)20-22(16-11-7-6-10-15(16)3)17(23)14-21-12-8-9-13-21/h6-7,10-11,25H,4-5,8-9,12-14H2,1-3H3,(H,20,24). The van der Waals surface area contributed by atoms with Crippen LogP contribution in [0.5, 0.6) is 0 Å². The predicted molar refractivity (Wildman–Crippen MR) is 98.0 cm³/mol. The van der Waals surface area contributed by atoms with Crippen LogP contribution in [0.15, 0.2) is 24.3 Å². The molecule has 0 aliphatic carbocycles. The number of nitrogens with one attached hydrogen (secondary N) is 1. The molecule has 0 aromatic heterocycles. The molecule has 6 nitrogen and oxygen atoms in total. The number of hydrazine groups is 1. The lowest BCUT2D eigenvalue weighted by Gasteiger charge is -2.31. The van der Waals surface area contributed by atoms with Crippen molar-refractivity contribution in [2.75, 3.05) is 24.6 Å². The SMILES string of the molecule is CCC(O)(CC)C(=O)NN(C(=O)CN1CCCC1)c1ccccc1C. The van der Waals surface area contributed by atoms with Gasteiger partial charge in [-0.1, -0.05) is 32.0 Å². The summed E-state index contributed by atoms with van der Waals surface area (Å²) in [5.41, 5.74) is 2.70. The lowest BCUT2D eigenvalue weighted by molar-refractivity contribution is -0.142. The normalized spacial score (nSPS) is 15.2. The van der Waals surface area contributed by atoms with Gasteiger partial charge in [-0.05, 0) is 57.3 Å². The maximum Gasteiger partial charge on any atom is 0.270 e. The Morgan fingerprint density at radius 2 is 1.80 bits per heavy atom. The minimum atomic E-state index is -1.48. The van der Waals surface area contributed by atoms with Gasteiger partial charge >= 0.3 is 0 Å². The Kier molecular flexibility index (Phi) is 6.56. The van der Waals surface area contributed by atoms with Gasteiger partial charge in [-0.25, -0.2) is 5.01 Å². The molecule has 1 saturated heterocycles. The van der Waals surface area contributed by atoms with Crippen molar-refractivity contribution in [1.82, 2.24) is 10.3 Å². The minimum absolute atomic E-state index is 0.195. The second-order valence-electron chi connectivity index (χ2n) is 6.68. The van der Waals surface area contributed by atoms with E-state index in [0.29, 0.717) is 5.69 Å². The molecule has 1 aromatic carbocycles. The topological polar surface area (TPSA) is 72.9 Å². The Hall–Kier alpha value is -1.92. The van der Waals surface area contributed by atoms with Crippen LogP contribution < -0.4 is 10.4 Å². The molecule has 1 heterocycles. The molecule has 2 rings (SSSR count). The molecule has 1 fully saturated rings. The maximum absolute atomic E-state index is 12.9. The molecule has 0 radical (unpaired) electrons. The zero-order chi connectivity index (χ0) is 18.4. The van der Waals surface area contributed by atoms with Crippen molar-refractivity contribution in [2.24, 2.45) is 0 Å². The average molecular weight is 347 g/mol. The summed E-state index contributed by atoms with van der Waals surface area (Å²) in [5, 5.41) is 11.8. The molecular formula is C19H29N3O3. The van der Waals surface area contributed by atoms with Crippen LogP contribution in [0.2, 0.25) is 0 Å². The number of aliphatic hydroxyl groups is 1. The molecule has 25 heavy (non-hydrogen) atoms. The lowest BCUT2D eigenvalue weighted by Crippen LogP contribution is -2.56. The van der Waals surface area contributed by atoms with Crippen LogP contribution in [-0.2, 0) is 9.59 Å². The van der Waals surface area contributed by atoms with Crippen LogP contribution in [0.4, 0.5) is 5.69 Å². The van der Waals surface area contributed by atoms with E-state index in [1.165, 1.54) is 5.01 Å². The van der Waals surface area contributed by atoms with Gasteiger partial charge < -0.3 is 5.11 Å². The van der Waals surface area contributed by atoms with Crippen LogP contribution in [0.3, 0.4) is 0 Å². The number of carbonyl (C=O) groups excluding carboxylic acids is 2. The Morgan fingerprint density at radius 3 is 2.36 bits per heavy atom. The average Bonchev–Trinajstić information content (AvgIpc) is 3.12. The number of amides is 2. The van der Waals surface area contributed by atoms with Gasteiger partial charge in [0.2, 0.25) is 0 Å². The molecule has 2 amide bonds. The summed E-state index contributed by atoms with van der Waals surface area (Å²) in [4.78, 5) is 27.6. The highest BCUT2D eigenvalue weighted by molar-refractivity contribution is 5.99. The summed E-state index contributed by atoms with van der Waals surface area (Å²) < 4.78 is 0. The van der Waals surface area contributed by atoms with E-state index < -0.39 is 11.5 Å². The van der Waals surface area contributed by atoms with Crippen LogP contribution in [-0.4, -0.2) is 47.1 Å². The zero-order valence-electron chi connectivity index (χ0n) is 15.4. The van der Waals surface area contributed by atoms with Gasteiger partial charge in [0.05, 0.1) is 12.2 Å². The fourth-order valence-electron chi connectivity index (χ4n) is 3.05. The van der Waals surface area contributed by atoms with Crippen molar-refractivity contribution in [2.45, 2.75) is 52.1 Å². The number of carbonyl (C=O) groups is 2. The van der Waals surface area contributed by atoms with Crippen LogP contribution in [0.25, 0.3) is 0 Å². The molecule has 1 aliphatic heterocycles. The number of benzene rings is 1. The molecule has 0 atom stereocenters. The lowest BCUT2D eigenvalue weighted by atomic mass is 9.97. The van der Waals surface area contributed by atoms with Crippen LogP contribution >= 0.6 is 0 Å². The number of rotatable bonds is 6. The fourth-order valence-corrected chi connectivity index (χ4v) is 3.05. The van der Waals surface area contributed by atoms with Crippen molar-refractivity contribution in [3.63, 3.8) is 0 Å². The molecule has 0 unspecified atom stereocenters. The first-order valence-corrected chi connectivity index (χ1v) is 9.05. The van der Waals surface area contributed by atoms with E-state index in [4.69, 9.17) is 0 Å². The summed E-state index contributed by atoms with van der Waals surface area (Å²) >= 11 is 0. The second-order valence-corrected chi connectivity index (χ2v) is 6.68. The largest absolute Gasteiger partial charge is 0.380 e. The summed E-state index contributed by atoms with van der Waals surface area (Å²) in [5.74, 6) is -0.741. The van der Waals surface area contributed by atoms with Gasteiger partial charge in [-0.15, -0.1) is 0 Å². The third kappa shape index (κ3) is 4.58. The number of aryl methyl sites for hydroxylation is 1. The Balaban J connectivity index is 2.24. The van der Waals surface area contributed by atoms with Gasteiger partial charge in [0.15, 0.2) is 0 Å². The molecule has 1 aliphatic rings. The Morgan fingerprint density at radius 1 is 1.20 bits per heavy atom. The van der Waals surface area contributed by atoms with E-state index in [1.807, 2.05) is 25.1 Å². The zero-order valence-corrected chi connectivity index (χ0v) is 15.4. The number of nitrogens with zero attached hydrogens (tertiary/aromatic N) is 2. The summed E-state index contributed by atoms with van der Waals surface area (Å²) in [6.07, 6.45) is 2.76. The van der Waals surface area contributed by atoms with Gasteiger partial charge in [0, 0.05) is 0 Å². The molecule has 138 valence electrons. The first-order chi connectivity index (χ1) is 11.9. The molecule has 2 N–H and O–H groups in total. The quantitative estimate of drug-likeness (QED) is 0.772. The number of hydrogen-bond donors (Lipinski definition) is 2. The smallest absolute Gasteiger partial charge is 0.270 e. The van der Waals surface area contributed by atoms with Crippen molar-refractivity contribution in [3.05, 3.63) is 29.8 Å². The maximum atomic E-state index is 12.9. The van der Waals surface area contributed by atoms with Gasteiger partial charge in [-0.3, -0.25) is 19.9 Å². The van der Waals surface area contributed by atoms with E-state index in [9.17, 15) is 14.7 Å². The van der Waals surface area contributed by atoms with Gasteiger partial charge in [0.25, 0.3) is 11.8 Å². The minimum Gasteiger partial charge on any atom is -0.380 e. The monoisotopic (exact) mass is 347 g/mol. The van der Waals surface area contributed by atoms with Crippen LogP contribution in [0.1, 0.15) is 45.1 Å². The van der Waals surface area contributed by atoms with Crippen molar-refractivity contribution < 1.29 is 14.7 Å². The van der Waals surface area contributed by atoms with Crippen LogP contribution in [0, 0.1) is 6.92 Å². The molecule has 1 aromatic rings. The molecule has 6 heteroatoms. The number of hydrogen-bond acceptors (Lipinski definition) is 4. The van der Waals surface area contributed by atoms with Gasteiger partial charge in [0.1, 0.15) is 5.60 Å². The summed E-state index contributed by atoms with van der Waals surface area (Å²) in [6, 6.07) is 7.41. The summed E-state index contributed by atoms with van der Waals surface area (Å²) in [7, 11) is 0. The Bertz CT molecular complexity index is 608. The third-order valence-corrected chi connectivity index (χ3v) is 4.97. The van der Waals surface area contributed by atoms with Gasteiger partial charge in [-0.2, -0.15) is 0 Å². The van der Waals surface area contributed by atoms with E-state index in [-0.39, 0.29) is 25.3 Å².